The highest BCUT2D eigenvalue weighted by atomic mass is 16.5. The third-order valence-electron chi connectivity index (χ3n) is 5.80. The summed E-state index contributed by atoms with van der Waals surface area (Å²) in [5.41, 5.74) is 7.08. The Labute approximate surface area is 216 Å². The molecule has 0 aliphatic heterocycles. The van der Waals surface area contributed by atoms with E-state index < -0.39 is 0 Å². The van der Waals surface area contributed by atoms with Crippen LogP contribution in [0.15, 0.2) is 66.7 Å². The van der Waals surface area contributed by atoms with Gasteiger partial charge in [0.1, 0.15) is 12.4 Å². The summed E-state index contributed by atoms with van der Waals surface area (Å²) in [5.74, 6) is 0.533. The summed E-state index contributed by atoms with van der Waals surface area (Å²) in [6.07, 6.45) is 3.50. The molecule has 0 saturated carbocycles. The average Bonchev–Trinajstić information content (AvgIpc) is 2.82. The van der Waals surface area contributed by atoms with Crippen molar-refractivity contribution in [2.24, 2.45) is 0 Å². The number of benzene rings is 3. The Balaban J connectivity index is 1.85. The van der Waals surface area contributed by atoms with Crippen molar-refractivity contribution in [2.75, 3.05) is 59.7 Å². The first-order valence-corrected chi connectivity index (χ1v) is 12.4. The van der Waals surface area contributed by atoms with E-state index in [0.717, 1.165) is 42.0 Å². The molecule has 0 atom stereocenters. The molecule has 0 radical (unpaired) electrons. The third-order valence-corrected chi connectivity index (χ3v) is 5.80. The molecule has 0 spiro atoms. The maximum atomic E-state index is 13.4. The Hall–Kier alpha value is -3.41. The zero-order valence-electron chi connectivity index (χ0n) is 22.5. The summed E-state index contributed by atoms with van der Waals surface area (Å²) in [5, 5.41) is 3.43. The Morgan fingerprint density at radius 1 is 0.861 bits per heavy atom. The lowest BCUT2D eigenvalue weighted by atomic mass is 9.97. The summed E-state index contributed by atoms with van der Waals surface area (Å²) in [6, 6.07) is 20.4. The van der Waals surface area contributed by atoms with Crippen LogP contribution in [0.25, 0.3) is 17.2 Å². The van der Waals surface area contributed by atoms with E-state index in [-0.39, 0.29) is 5.78 Å². The summed E-state index contributed by atoms with van der Waals surface area (Å²) < 4.78 is 6.03. The monoisotopic (exact) mass is 485 g/mol. The first-order valence-electron chi connectivity index (χ1n) is 12.4. The van der Waals surface area contributed by atoms with Crippen LogP contribution in [-0.2, 0) is 0 Å². The van der Waals surface area contributed by atoms with Gasteiger partial charge in [0.2, 0.25) is 0 Å². The molecule has 0 aliphatic carbocycles. The first kappa shape index (κ1) is 27.2. The van der Waals surface area contributed by atoms with Gasteiger partial charge in [0.15, 0.2) is 5.78 Å². The summed E-state index contributed by atoms with van der Waals surface area (Å²) >= 11 is 0. The Bertz CT molecular complexity index is 1180. The third kappa shape index (κ3) is 8.36. The van der Waals surface area contributed by atoms with Gasteiger partial charge in [-0.05, 0) is 89.1 Å². The minimum absolute atomic E-state index is 0.0768. The normalized spacial score (nSPS) is 11.4. The molecule has 3 rings (SSSR count). The average molecular weight is 486 g/mol. The fourth-order valence-corrected chi connectivity index (χ4v) is 3.95. The van der Waals surface area contributed by atoms with E-state index in [1.54, 1.807) is 6.08 Å². The minimum atomic E-state index is -0.0768. The molecule has 5 heteroatoms. The molecule has 0 aromatic heterocycles. The van der Waals surface area contributed by atoms with E-state index >= 15 is 0 Å². The molecule has 0 heterocycles. The number of ether oxygens (including phenoxy) is 1. The van der Waals surface area contributed by atoms with Crippen molar-refractivity contribution in [3.05, 3.63) is 89.0 Å². The standard InChI is InChI=1S/C31H39N3O2/c1-23-18-24(2)20-27(19-23)26-11-13-31(36-17-16-34(5)6)29(22-26)30(35)12-10-25-8-7-9-28(21-25)32-14-15-33(3)4/h7-13,18-22,32H,14-17H2,1-6H3/b12-10+. The smallest absolute Gasteiger partial charge is 0.189 e. The zero-order chi connectivity index (χ0) is 26.1. The fourth-order valence-electron chi connectivity index (χ4n) is 3.95. The minimum Gasteiger partial charge on any atom is -0.491 e. The van der Waals surface area contributed by atoms with E-state index in [0.29, 0.717) is 17.9 Å². The van der Waals surface area contributed by atoms with E-state index in [9.17, 15) is 4.79 Å². The van der Waals surface area contributed by atoms with Crippen molar-refractivity contribution in [1.82, 2.24) is 9.80 Å². The van der Waals surface area contributed by atoms with E-state index in [1.165, 1.54) is 11.1 Å². The van der Waals surface area contributed by atoms with Gasteiger partial charge in [-0.3, -0.25) is 4.79 Å². The van der Waals surface area contributed by atoms with Gasteiger partial charge in [-0.25, -0.2) is 0 Å². The molecule has 3 aromatic rings. The highest BCUT2D eigenvalue weighted by Crippen LogP contribution is 2.29. The van der Waals surface area contributed by atoms with Crippen LogP contribution in [-0.4, -0.2) is 70.0 Å². The zero-order valence-corrected chi connectivity index (χ0v) is 22.5. The van der Waals surface area contributed by atoms with Crippen molar-refractivity contribution in [1.29, 1.82) is 0 Å². The predicted molar refractivity (Wildman–Crippen MR) is 152 cm³/mol. The van der Waals surface area contributed by atoms with Crippen molar-refractivity contribution < 1.29 is 9.53 Å². The van der Waals surface area contributed by atoms with Gasteiger partial charge in [0.05, 0.1) is 5.56 Å². The molecule has 1 N–H and O–H groups in total. The maximum absolute atomic E-state index is 13.4. The van der Waals surface area contributed by atoms with Gasteiger partial charge in [-0.2, -0.15) is 0 Å². The Morgan fingerprint density at radius 2 is 1.58 bits per heavy atom. The molecular weight excluding hydrogens is 446 g/mol. The molecule has 0 saturated heterocycles. The summed E-state index contributed by atoms with van der Waals surface area (Å²) in [4.78, 5) is 17.6. The summed E-state index contributed by atoms with van der Waals surface area (Å²) in [7, 11) is 8.12. The highest BCUT2D eigenvalue weighted by molar-refractivity contribution is 6.09. The number of nitrogens with one attached hydrogen (secondary N) is 1. The largest absolute Gasteiger partial charge is 0.491 e. The number of ketones is 1. The number of aryl methyl sites for hydroxylation is 2. The number of likely N-dealkylation sites (N-methyl/N-ethyl adjacent to an activating group) is 2. The topological polar surface area (TPSA) is 44.8 Å². The first-order chi connectivity index (χ1) is 17.2. The summed E-state index contributed by atoms with van der Waals surface area (Å²) in [6.45, 7) is 7.28. The fraction of sp³-hybridized carbons (Fsp3) is 0.323. The number of allylic oxidation sites excluding steroid dienone is 1. The van der Waals surface area contributed by atoms with Gasteiger partial charge in [-0.15, -0.1) is 0 Å². The van der Waals surface area contributed by atoms with Crippen molar-refractivity contribution >= 4 is 17.5 Å². The number of carbonyl (C=O) groups is 1. The second-order valence-electron chi connectivity index (χ2n) is 9.79. The van der Waals surface area contributed by atoms with E-state index in [1.807, 2.05) is 56.6 Å². The number of anilines is 1. The van der Waals surface area contributed by atoms with Crippen LogP contribution in [0.3, 0.4) is 0 Å². The number of nitrogens with zero attached hydrogens (tertiary/aromatic N) is 2. The number of hydrogen-bond acceptors (Lipinski definition) is 5. The van der Waals surface area contributed by atoms with E-state index in [4.69, 9.17) is 4.74 Å². The molecular formula is C31H39N3O2. The molecule has 3 aromatic carbocycles. The van der Waals surface area contributed by atoms with Crippen LogP contribution in [0.2, 0.25) is 0 Å². The molecule has 0 fully saturated rings. The molecule has 36 heavy (non-hydrogen) atoms. The lowest BCUT2D eigenvalue weighted by molar-refractivity contribution is 0.104. The SMILES string of the molecule is Cc1cc(C)cc(-c2ccc(OCCN(C)C)c(C(=O)/C=C/c3cccc(NCCN(C)C)c3)c2)c1. The van der Waals surface area contributed by atoms with Crippen molar-refractivity contribution in [3.63, 3.8) is 0 Å². The van der Waals surface area contributed by atoms with Gasteiger partial charge in [-0.1, -0.05) is 53.6 Å². The van der Waals surface area contributed by atoms with Crippen molar-refractivity contribution in [2.45, 2.75) is 13.8 Å². The molecule has 0 aliphatic rings. The molecule has 0 unspecified atom stereocenters. The van der Waals surface area contributed by atoms with Crippen LogP contribution < -0.4 is 10.1 Å². The number of carbonyl (C=O) groups excluding carboxylic acids is 1. The Kier molecular flexibility index (Phi) is 9.86. The van der Waals surface area contributed by atoms with Crippen LogP contribution >= 0.6 is 0 Å². The van der Waals surface area contributed by atoms with Crippen LogP contribution in [0.5, 0.6) is 5.75 Å². The van der Waals surface area contributed by atoms with Crippen molar-refractivity contribution in [3.8, 4) is 16.9 Å². The second-order valence-corrected chi connectivity index (χ2v) is 9.79. The lowest BCUT2D eigenvalue weighted by Crippen LogP contribution is -2.20. The van der Waals surface area contributed by atoms with Gasteiger partial charge in [0, 0.05) is 25.3 Å². The molecule has 190 valence electrons. The maximum Gasteiger partial charge on any atom is 0.189 e. The Morgan fingerprint density at radius 3 is 2.28 bits per heavy atom. The van der Waals surface area contributed by atoms with Gasteiger partial charge >= 0.3 is 0 Å². The molecule has 5 nitrogen and oxygen atoms in total. The van der Waals surface area contributed by atoms with Gasteiger partial charge in [0.25, 0.3) is 0 Å². The van der Waals surface area contributed by atoms with E-state index in [2.05, 4.69) is 67.3 Å². The quantitative estimate of drug-likeness (QED) is 0.260. The predicted octanol–water partition coefficient (Wildman–Crippen LogP) is 5.78. The molecule has 0 amide bonds. The molecule has 0 bridgehead atoms. The van der Waals surface area contributed by atoms with Crippen LogP contribution in [0.1, 0.15) is 27.0 Å². The van der Waals surface area contributed by atoms with Gasteiger partial charge < -0.3 is 19.9 Å². The van der Waals surface area contributed by atoms with Crippen LogP contribution in [0.4, 0.5) is 5.69 Å². The number of hydrogen-bond donors (Lipinski definition) is 1. The number of rotatable bonds is 12. The van der Waals surface area contributed by atoms with Crippen LogP contribution in [0, 0.1) is 13.8 Å². The lowest BCUT2D eigenvalue weighted by Gasteiger charge is -2.15. The highest BCUT2D eigenvalue weighted by Gasteiger charge is 2.13. The second kappa shape index (κ2) is 13.1.